The van der Waals surface area contributed by atoms with Crippen molar-refractivity contribution in [1.29, 1.82) is 0 Å². The second-order valence-electron chi connectivity index (χ2n) is 4.12. The summed E-state index contributed by atoms with van der Waals surface area (Å²) in [6, 6.07) is 12.0. The SMILES string of the molecule is Cc1ccc(Cl)cc1/N=C/c1ccc(C(=O)O)cc1. The van der Waals surface area contributed by atoms with Crippen LogP contribution < -0.4 is 0 Å². The zero-order valence-corrected chi connectivity index (χ0v) is 11.1. The van der Waals surface area contributed by atoms with Crippen LogP contribution in [0.15, 0.2) is 47.5 Å². The standard InChI is InChI=1S/C15H12ClNO2/c1-10-2-7-13(16)8-14(10)17-9-11-3-5-12(6-4-11)15(18)19/h2-9H,1H3,(H,18,19)/b17-9+. The summed E-state index contributed by atoms with van der Waals surface area (Å²) in [5, 5.41) is 9.44. The molecule has 0 bridgehead atoms. The van der Waals surface area contributed by atoms with Crippen LogP contribution in [0.5, 0.6) is 0 Å². The predicted molar refractivity (Wildman–Crippen MR) is 76.8 cm³/mol. The molecule has 0 amide bonds. The average molecular weight is 274 g/mol. The van der Waals surface area contributed by atoms with Crippen LogP contribution in [0.2, 0.25) is 5.02 Å². The van der Waals surface area contributed by atoms with E-state index in [2.05, 4.69) is 4.99 Å². The molecule has 0 fully saturated rings. The molecule has 0 aliphatic rings. The van der Waals surface area contributed by atoms with Crippen LogP contribution in [0.3, 0.4) is 0 Å². The van der Waals surface area contributed by atoms with E-state index < -0.39 is 5.97 Å². The number of rotatable bonds is 3. The Morgan fingerprint density at radius 3 is 2.53 bits per heavy atom. The zero-order chi connectivity index (χ0) is 13.8. The van der Waals surface area contributed by atoms with E-state index in [-0.39, 0.29) is 5.56 Å². The molecular formula is C15H12ClNO2. The van der Waals surface area contributed by atoms with Crippen LogP contribution in [0, 0.1) is 6.92 Å². The summed E-state index contributed by atoms with van der Waals surface area (Å²) in [4.78, 5) is 15.1. The van der Waals surface area contributed by atoms with Gasteiger partial charge in [-0.1, -0.05) is 29.8 Å². The average Bonchev–Trinajstić information content (AvgIpc) is 2.40. The van der Waals surface area contributed by atoms with Crippen molar-refractivity contribution < 1.29 is 9.90 Å². The van der Waals surface area contributed by atoms with Gasteiger partial charge in [-0.25, -0.2) is 4.79 Å². The number of carboxylic acids is 1. The van der Waals surface area contributed by atoms with Gasteiger partial charge in [0.1, 0.15) is 0 Å². The number of benzene rings is 2. The maximum atomic E-state index is 10.7. The highest BCUT2D eigenvalue weighted by molar-refractivity contribution is 6.30. The third kappa shape index (κ3) is 3.42. The minimum absolute atomic E-state index is 0.260. The fourth-order valence-electron chi connectivity index (χ4n) is 1.58. The fourth-order valence-corrected chi connectivity index (χ4v) is 1.74. The minimum Gasteiger partial charge on any atom is -0.478 e. The number of carbonyl (C=O) groups is 1. The number of aromatic carboxylic acids is 1. The first-order valence-electron chi connectivity index (χ1n) is 5.70. The predicted octanol–water partition coefficient (Wildman–Crippen LogP) is 4.10. The molecule has 0 saturated carbocycles. The molecule has 19 heavy (non-hydrogen) atoms. The van der Waals surface area contributed by atoms with Gasteiger partial charge in [0.25, 0.3) is 0 Å². The van der Waals surface area contributed by atoms with Gasteiger partial charge >= 0.3 is 5.97 Å². The molecule has 0 spiro atoms. The number of aliphatic imine (C=N–C) groups is 1. The molecule has 3 nitrogen and oxygen atoms in total. The van der Waals surface area contributed by atoms with Crippen molar-refractivity contribution in [3.05, 3.63) is 64.2 Å². The molecule has 0 aliphatic heterocycles. The van der Waals surface area contributed by atoms with E-state index in [1.54, 1.807) is 36.5 Å². The summed E-state index contributed by atoms with van der Waals surface area (Å²) in [7, 11) is 0. The van der Waals surface area contributed by atoms with Crippen LogP contribution in [0.4, 0.5) is 5.69 Å². The largest absolute Gasteiger partial charge is 0.478 e. The molecule has 0 atom stereocenters. The number of hydrogen-bond acceptors (Lipinski definition) is 2. The van der Waals surface area contributed by atoms with Crippen LogP contribution in [-0.4, -0.2) is 17.3 Å². The minimum atomic E-state index is -0.936. The topological polar surface area (TPSA) is 49.7 Å². The van der Waals surface area contributed by atoms with Crippen molar-refractivity contribution in [2.24, 2.45) is 4.99 Å². The van der Waals surface area contributed by atoms with Gasteiger partial charge < -0.3 is 5.11 Å². The Hall–Kier alpha value is -2.13. The lowest BCUT2D eigenvalue weighted by atomic mass is 10.1. The molecule has 0 unspecified atom stereocenters. The van der Waals surface area contributed by atoms with Crippen molar-refractivity contribution in [2.45, 2.75) is 6.92 Å². The van der Waals surface area contributed by atoms with Gasteiger partial charge in [0.05, 0.1) is 11.3 Å². The second-order valence-corrected chi connectivity index (χ2v) is 4.55. The van der Waals surface area contributed by atoms with E-state index in [1.165, 1.54) is 0 Å². The maximum Gasteiger partial charge on any atom is 0.335 e. The van der Waals surface area contributed by atoms with Gasteiger partial charge in [-0.2, -0.15) is 0 Å². The zero-order valence-electron chi connectivity index (χ0n) is 10.3. The van der Waals surface area contributed by atoms with E-state index in [9.17, 15) is 4.79 Å². The first-order chi connectivity index (χ1) is 9.06. The lowest BCUT2D eigenvalue weighted by Gasteiger charge is -2.00. The third-order valence-corrected chi connectivity index (χ3v) is 2.92. The van der Waals surface area contributed by atoms with Crippen LogP contribution in [0.25, 0.3) is 0 Å². The number of carboxylic acid groups (broad SMARTS) is 1. The lowest BCUT2D eigenvalue weighted by molar-refractivity contribution is 0.0697. The van der Waals surface area contributed by atoms with Crippen LogP contribution in [-0.2, 0) is 0 Å². The molecule has 0 aromatic heterocycles. The van der Waals surface area contributed by atoms with Crippen molar-refractivity contribution in [1.82, 2.24) is 0 Å². The highest BCUT2D eigenvalue weighted by atomic mass is 35.5. The Balaban J connectivity index is 2.22. The van der Waals surface area contributed by atoms with Gasteiger partial charge in [0.15, 0.2) is 0 Å². The number of halogens is 1. The van der Waals surface area contributed by atoms with Gasteiger partial charge in [-0.05, 0) is 42.3 Å². The Bertz CT molecular complexity index is 633. The first kappa shape index (κ1) is 13.3. The number of nitrogens with zero attached hydrogens (tertiary/aromatic N) is 1. The van der Waals surface area contributed by atoms with Crippen molar-refractivity contribution >= 4 is 29.5 Å². The van der Waals surface area contributed by atoms with E-state index in [0.29, 0.717) is 5.02 Å². The summed E-state index contributed by atoms with van der Waals surface area (Å²) >= 11 is 5.92. The summed E-state index contributed by atoms with van der Waals surface area (Å²) in [6.45, 7) is 1.95. The molecule has 0 radical (unpaired) electrons. The van der Waals surface area contributed by atoms with Crippen LogP contribution >= 0.6 is 11.6 Å². The summed E-state index contributed by atoms with van der Waals surface area (Å²) in [6.07, 6.45) is 1.68. The van der Waals surface area contributed by atoms with Gasteiger partial charge in [-0.15, -0.1) is 0 Å². The number of hydrogen-bond donors (Lipinski definition) is 1. The van der Waals surface area contributed by atoms with Crippen LogP contribution in [0.1, 0.15) is 21.5 Å². The van der Waals surface area contributed by atoms with Gasteiger partial charge in [0, 0.05) is 11.2 Å². The summed E-state index contributed by atoms with van der Waals surface area (Å²) in [5.74, 6) is -0.936. The lowest BCUT2D eigenvalue weighted by Crippen LogP contribution is -1.95. The summed E-state index contributed by atoms with van der Waals surface area (Å²) in [5.41, 5.74) is 2.93. The Kier molecular flexibility index (Phi) is 3.97. The normalized spacial score (nSPS) is 10.8. The molecule has 0 heterocycles. The first-order valence-corrected chi connectivity index (χ1v) is 6.07. The highest BCUT2D eigenvalue weighted by Crippen LogP contribution is 2.22. The monoisotopic (exact) mass is 273 g/mol. The molecule has 96 valence electrons. The van der Waals surface area contributed by atoms with Crippen molar-refractivity contribution in [3.63, 3.8) is 0 Å². The Morgan fingerprint density at radius 2 is 1.89 bits per heavy atom. The number of aryl methyl sites for hydroxylation is 1. The molecular weight excluding hydrogens is 262 g/mol. The quantitative estimate of drug-likeness (QED) is 0.856. The van der Waals surface area contributed by atoms with Crippen molar-refractivity contribution in [2.75, 3.05) is 0 Å². The highest BCUT2D eigenvalue weighted by Gasteiger charge is 2.01. The van der Waals surface area contributed by atoms with E-state index in [0.717, 1.165) is 16.8 Å². The van der Waals surface area contributed by atoms with Crippen molar-refractivity contribution in [3.8, 4) is 0 Å². The van der Waals surface area contributed by atoms with E-state index >= 15 is 0 Å². The Labute approximate surface area is 116 Å². The molecule has 4 heteroatoms. The summed E-state index contributed by atoms with van der Waals surface area (Å²) < 4.78 is 0. The maximum absolute atomic E-state index is 10.7. The molecule has 2 rings (SSSR count). The third-order valence-electron chi connectivity index (χ3n) is 2.68. The molecule has 0 saturated heterocycles. The Morgan fingerprint density at radius 1 is 1.21 bits per heavy atom. The molecule has 2 aromatic rings. The molecule has 2 aromatic carbocycles. The second kappa shape index (κ2) is 5.67. The van der Waals surface area contributed by atoms with Gasteiger partial charge in [-0.3, -0.25) is 4.99 Å². The fraction of sp³-hybridized carbons (Fsp3) is 0.0667. The van der Waals surface area contributed by atoms with E-state index in [4.69, 9.17) is 16.7 Å². The molecule has 1 N–H and O–H groups in total. The smallest absolute Gasteiger partial charge is 0.335 e. The van der Waals surface area contributed by atoms with E-state index in [1.807, 2.05) is 19.1 Å². The molecule has 0 aliphatic carbocycles. The van der Waals surface area contributed by atoms with Gasteiger partial charge in [0.2, 0.25) is 0 Å².